The zero-order chi connectivity index (χ0) is 15.0. The van der Waals surface area contributed by atoms with Crippen LogP contribution in [0.2, 0.25) is 0 Å². The number of carbonyl (C=O) groups is 2. The number of rotatable bonds is 3. The van der Waals surface area contributed by atoms with E-state index in [9.17, 15) is 19.1 Å². The van der Waals surface area contributed by atoms with Gasteiger partial charge in [-0.2, -0.15) is 0 Å². The molecule has 1 atom stereocenters. The number of para-hydroxylation sites is 1. The summed E-state index contributed by atoms with van der Waals surface area (Å²) in [7, 11) is 0. The molecule has 21 heavy (non-hydrogen) atoms. The molecule has 106 valence electrons. The number of hydrogen-bond donors (Lipinski definition) is 2. The van der Waals surface area contributed by atoms with E-state index in [2.05, 4.69) is 5.32 Å². The van der Waals surface area contributed by atoms with Crippen molar-refractivity contribution in [1.82, 2.24) is 0 Å². The maximum absolute atomic E-state index is 13.6. The van der Waals surface area contributed by atoms with Crippen molar-refractivity contribution in [1.29, 1.82) is 0 Å². The Morgan fingerprint density at radius 2 is 1.81 bits per heavy atom. The Morgan fingerprint density at radius 1 is 1.14 bits per heavy atom. The number of amides is 1. The summed E-state index contributed by atoms with van der Waals surface area (Å²) in [5, 5.41) is 13.1. The number of Topliss-reactive ketones (excluding diaryl/α,β-unsaturated/α-hetero) is 1. The Bertz CT molecular complexity index is 744. The second kappa shape index (κ2) is 4.79. The van der Waals surface area contributed by atoms with Crippen molar-refractivity contribution in [2.45, 2.75) is 12.0 Å². The fraction of sp³-hybridized carbons (Fsp3) is 0.125. The fourth-order valence-corrected chi connectivity index (χ4v) is 2.49. The molecule has 4 nitrogen and oxygen atoms in total. The largest absolute Gasteiger partial charge is 0.375 e. The van der Waals surface area contributed by atoms with Crippen molar-refractivity contribution in [3.8, 4) is 0 Å². The predicted molar refractivity (Wildman–Crippen MR) is 74.3 cm³/mol. The van der Waals surface area contributed by atoms with Crippen molar-refractivity contribution < 1.29 is 19.1 Å². The summed E-state index contributed by atoms with van der Waals surface area (Å²) < 4.78 is 13.6. The average Bonchev–Trinajstić information content (AvgIpc) is 2.71. The lowest BCUT2D eigenvalue weighted by Gasteiger charge is -2.20. The molecule has 1 aliphatic heterocycles. The Labute approximate surface area is 120 Å². The van der Waals surface area contributed by atoms with Gasteiger partial charge < -0.3 is 10.4 Å². The summed E-state index contributed by atoms with van der Waals surface area (Å²) in [6.45, 7) is 0. The highest BCUT2D eigenvalue weighted by molar-refractivity contribution is 6.09. The van der Waals surface area contributed by atoms with Gasteiger partial charge in [-0.05, 0) is 18.2 Å². The molecule has 0 aliphatic carbocycles. The number of fused-ring (bicyclic) bond motifs is 1. The molecule has 0 fully saturated rings. The summed E-state index contributed by atoms with van der Waals surface area (Å²) in [4.78, 5) is 24.2. The zero-order valence-corrected chi connectivity index (χ0v) is 11.0. The van der Waals surface area contributed by atoms with E-state index in [1.807, 2.05) is 0 Å². The molecule has 0 spiro atoms. The van der Waals surface area contributed by atoms with Gasteiger partial charge in [0.15, 0.2) is 11.4 Å². The minimum Gasteiger partial charge on any atom is -0.375 e. The van der Waals surface area contributed by atoms with Gasteiger partial charge in [-0.25, -0.2) is 4.39 Å². The van der Waals surface area contributed by atoms with Gasteiger partial charge in [-0.1, -0.05) is 30.3 Å². The molecule has 1 heterocycles. The molecule has 0 saturated heterocycles. The number of nitrogens with one attached hydrogen (secondary N) is 1. The molecular weight excluding hydrogens is 273 g/mol. The maximum Gasteiger partial charge on any atom is 0.261 e. The Hall–Kier alpha value is -2.53. The monoisotopic (exact) mass is 285 g/mol. The highest BCUT2D eigenvalue weighted by atomic mass is 19.1. The predicted octanol–water partition coefficient (Wildman–Crippen LogP) is 2.24. The summed E-state index contributed by atoms with van der Waals surface area (Å²) in [5.74, 6) is -1.96. The molecule has 2 N–H and O–H groups in total. The standard InChI is InChI=1S/C16H12FNO3/c17-12-7-3-1-5-10(12)14(19)9-16(21)11-6-2-4-8-13(11)18-15(16)20/h1-8,21H,9H2,(H,18,20)/t16-/m0/s1. The van der Waals surface area contributed by atoms with Gasteiger partial charge in [0.2, 0.25) is 0 Å². The van der Waals surface area contributed by atoms with Crippen molar-refractivity contribution in [3.63, 3.8) is 0 Å². The van der Waals surface area contributed by atoms with Gasteiger partial charge in [0, 0.05) is 11.3 Å². The van der Waals surface area contributed by atoms with Crippen LogP contribution < -0.4 is 5.32 Å². The van der Waals surface area contributed by atoms with E-state index in [0.717, 1.165) is 0 Å². The van der Waals surface area contributed by atoms with Crippen LogP contribution in [0.1, 0.15) is 22.3 Å². The normalized spacial score (nSPS) is 20.0. The van der Waals surface area contributed by atoms with Crippen LogP contribution in [0.4, 0.5) is 10.1 Å². The molecule has 5 heteroatoms. The Kier molecular flexibility index (Phi) is 3.07. The van der Waals surface area contributed by atoms with E-state index in [4.69, 9.17) is 0 Å². The van der Waals surface area contributed by atoms with Crippen LogP contribution in [0.5, 0.6) is 0 Å². The van der Waals surface area contributed by atoms with E-state index >= 15 is 0 Å². The van der Waals surface area contributed by atoms with Crippen molar-refractivity contribution in [2.75, 3.05) is 5.32 Å². The molecule has 1 aliphatic rings. The third kappa shape index (κ3) is 2.11. The minimum absolute atomic E-state index is 0.136. The summed E-state index contributed by atoms with van der Waals surface area (Å²) in [6, 6.07) is 12.1. The SMILES string of the molecule is O=C(C[C@@]1(O)C(=O)Nc2ccccc21)c1ccccc1F. The lowest BCUT2D eigenvalue weighted by Crippen LogP contribution is -2.36. The first-order chi connectivity index (χ1) is 10.0. The maximum atomic E-state index is 13.6. The van der Waals surface area contributed by atoms with Crippen LogP contribution in [0.15, 0.2) is 48.5 Å². The van der Waals surface area contributed by atoms with Crippen LogP contribution >= 0.6 is 0 Å². The molecule has 0 unspecified atom stereocenters. The number of carbonyl (C=O) groups excluding carboxylic acids is 2. The molecule has 0 bridgehead atoms. The second-order valence-corrected chi connectivity index (χ2v) is 4.94. The van der Waals surface area contributed by atoms with Crippen molar-refractivity contribution in [2.24, 2.45) is 0 Å². The summed E-state index contributed by atoms with van der Waals surface area (Å²) in [5.41, 5.74) is -1.30. The van der Waals surface area contributed by atoms with Crippen LogP contribution in [0, 0.1) is 5.82 Å². The van der Waals surface area contributed by atoms with E-state index in [1.165, 1.54) is 24.3 Å². The van der Waals surface area contributed by atoms with E-state index in [-0.39, 0.29) is 5.56 Å². The van der Waals surface area contributed by atoms with Gasteiger partial charge in [0.25, 0.3) is 5.91 Å². The van der Waals surface area contributed by atoms with E-state index < -0.39 is 29.5 Å². The third-order valence-electron chi connectivity index (χ3n) is 3.59. The van der Waals surface area contributed by atoms with Gasteiger partial charge in [0.1, 0.15) is 5.82 Å². The van der Waals surface area contributed by atoms with Crippen molar-refractivity contribution in [3.05, 3.63) is 65.5 Å². The molecular formula is C16H12FNO3. The molecule has 0 aromatic heterocycles. The van der Waals surface area contributed by atoms with Crippen LogP contribution in [0.3, 0.4) is 0 Å². The van der Waals surface area contributed by atoms with Crippen molar-refractivity contribution >= 4 is 17.4 Å². The topological polar surface area (TPSA) is 66.4 Å². The first-order valence-electron chi connectivity index (χ1n) is 6.43. The van der Waals surface area contributed by atoms with Gasteiger partial charge in [-0.15, -0.1) is 0 Å². The number of aliphatic hydroxyl groups is 1. The summed E-state index contributed by atoms with van der Waals surface area (Å²) >= 11 is 0. The second-order valence-electron chi connectivity index (χ2n) is 4.94. The Balaban J connectivity index is 1.96. The molecule has 2 aromatic rings. The Morgan fingerprint density at radius 3 is 2.57 bits per heavy atom. The van der Waals surface area contributed by atoms with Crippen LogP contribution in [-0.4, -0.2) is 16.8 Å². The highest BCUT2D eigenvalue weighted by Gasteiger charge is 2.46. The first-order valence-corrected chi connectivity index (χ1v) is 6.43. The lowest BCUT2D eigenvalue weighted by atomic mass is 9.88. The number of benzene rings is 2. The van der Waals surface area contributed by atoms with E-state index in [0.29, 0.717) is 11.3 Å². The van der Waals surface area contributed by atoms with Gasteiger partial charge in [-0.3, -0.25) is 9.59 Å². The number of halogens is 1. The smallest absolute Gasteiger partial charge is 0.261 e. The third-order valence-corrected chi connectivity index (χ3v) is 3.59. The van der Waals surface area contributed by atoms with Gasteiger partial charge in [0.05, 0.1) is 12.0 Å². The van der Waals surface area contributed by atoms with Crippen LogP contribution in [-0.2, 0) is 10.4 Å². The molecule has 1 amide bonds. The van der Waals surface area contributed by atoms with Crippen LogP contribution in [0.25, 0.3) is 0 Å². The van der Waals surface area contributed by atoms with E-state index in [1.54, 1.807) is 24.3 Å². The fourth-order valence-electron chi connectivity index (χ4n) is 2.49. The molecule has 0 radical (unpaired) electrons. The first kappa shape index (κ1) is 13.5. The quantitative estimate of drug-likeness (QED) is 0.850. The zero-order valence-electron chi connectivity index (χ0n) is 11.0. The number of hydrogen-bond acceptors (Lipinski definition) is 3. The average molecular weight is 285 g/mol. The number of anilines is 1. The molecule has 3 rings (SSSR count). The molecule has 0 saturated carbocycles. The number of ketones is 1. The minimum atomic E-state index is -1.96. The lowest BCUT2D eigenvalue weighted by molar-refractivity contribution is -0.133. The highest BCUT2D eigenvalue weighted by Crippen LogP contribution is 2.38. The molecule has 2 aromatic carbocycles. The van der Waals surface area contributed by atoms with Gasteiger partial charge >= 0.3 is 0 Å². The summed E-state index contributed by atoms with van der Waals surface area (Å²) in [6.07, 6.45) is -0.503.